The number of hydrogen-bond acceptors (Lipinski definition) is 1. The van der Waals surface area contributed by atoms with Crippen LogP contribution >= 0.6 is 15.9 Å². The van der Waals surface area contributed by atoms with Crippen LogP contribution < -0.4 is 0 Å². The molecule has 0 aromatic carbocycles. The molecule has 0 bridgehead atoms. The zero-order chi connectivity index (χ0) is 7.28. The summed E-state index contributed by atoms with van der Waals surface area (Å²) in [4.78, 5) is 10.5. The van der Waals surface area contributed by atoms with E-state index in [1.165, 1.54) is 0 Å². The summed E-state index contributed by atoms with van der Waals surface area (Å²) in [5.74, 6) is 0.838. The number of Topliss-reactive ketones (excluding diaryl/α,β-unsaturated/α-hetero) is 1. The number of hydrogen-bond donors (Lipinski definition) is 0. The molecule has 1 atom stereocenters. The van der Waals surface area contributed by atoms with Crippen LogP contribution in [-0.2, 0) is 4.79 Å². The van der Waals surface area contributed by atoms with E-state index in [2.05, 4.69) is 22.9 Å². The number of ketones is 1. The lowest BCUT2D eigenvalue weighted by molar-refractivity contribution is -0.117. The number of carbonyl (C=O) groups is 1. The van der Waals surface area contributed by atoms with Gasteiger partial charge in [-0.3, -0.25) is 0 Å². The quantitative estimate of drug-likeness (QED) is 0.626. The van der Waals surface area contributed by atoms with Gasteiger partial charge in [0.2, 0.25) is 0 Å². The predicted octanol–water partition coefficient (Wildman–Crippen LogP) is 2.39. The number of rotatable bonds is 4. The van der Waals surface area contributed by atoms with Crippen molar-refractivity contribution in [3.63, 3.8) is 0 Å². The van der Waals surface area contributed by atoms with Gasteiger partial charge in [-0.1, -0.05) is 22.9 Å². The zero-order valence-corrected chi connectivity index (χ0v) is 7.57. The van der Waals surface area contributed by atoms with Gasteiger partial charge in [-0.15, -0.1) is 0 Å². The molecule has 0 radical (unpaired) electrons. The van der Waals surface area contributed by atoms with Crippen molar-refractivity contribution >= 4 is 21.7 Å². The van der Waals surface area contributed by atoms with Crippen molar-refractivity contribution in [1.29, 1.82) is 0 Å². The number of halogens is 1. The smallest absolute Gasteiger partial charge is 0.130 e. The van der Waals surface area contributed by atoms with Gasteiger partial charge in [-0.2, -0.15) is 0 Å². The summed E-state index contributed by atoms with van der Waals surface area (Å²) in [6, 6.07) is 0. The molecule has 0 aromatic rings. The van der Waals surface area contributed by atoms with Crippen LogP contribution in [0.15, 0.2) is 0 Å². The lowest BCUT2D eigenvalue weighted by atomic mass is 10.0. The fourth-order valence-electron chi connectivity index (χ4n) is 0.779. The molecule has 54 valence electrons. The summed E-state index contributed by atoms with van der Waals surface area (Å²) in [6.07, 6.45) is 1.82. The van der Waals surface area contributed by atoms with Gasteiger partial charge in [0.15, 0.2) is 0 Å². The molecule has 0 spiro atoms. The molecule has 0 saturated heterocycles. The summed E-state index contributed by atoms with van der Waals surface area (Å²) in [7, 11) is 0. The van der Waals surface area contributed by atoms with E-state index in [1.54, 1.807) is 6.92 Å². The van der Waals surface area contributed by atoms with E-state index in [0.717, 1.165) is 18.2 Å². The van der Waals surface area contributed by atoms with Crippen LogP contribution in [0.2, 0.25) is 0 Å². The predicted molar refractivity (Wildman–Crippen MR) is 42.9 cm³/mol. The Labute approximate surface area is 65.0 Å². The second-order valence-corrected chi connectivity index (χ2v) is 3.28. The minimum Gasteiger partial charge on any atom is -0.300 e. The van der Waals surface area contributed by atoms with E-state index in [0.29, 0.717) is 11.7 Å². The monoisotopic (exact) mass is 192 g/mol. The Morgan fingerprint density at radius 3 is 2.56 bits per heavy atom. The molecule has 0 N–H and O–H groups in total. The number of carbonyl (C=O) groups excluding carboxylic acids is 1. The summed E-state index contributed by atoms with van der Waals surface area (Å²) in [5, 5.41) is 1.00. The molecular formula is C7H13BrO. The van der Waals surface area contributed by atoms with E-state index in [-0.39, 0.29) is 0 Å². The average Bonchev–Trinajstić information content (AvgIpc) is 1.63. The zero-order valence-electron chi connectivity index (χ0n) is 5.98. The first-order valence-corrected chi connectivity index (χ1v) is 4.34. The lowest BCUT2D eigenvalue weighted by Crippen LogP contribution is -2.01. The van der Waals surface area contributed by atoms with Crippen molar-refractivity contribution in [3.05, 3.63) is 0 Å². The first kappa shape index (κ1) is 9.15. The molecular weight excluding hydrogens is 180 g/mol. The second-order valence-electron chi connectivity index (χ2n) is 2.49. The highest BCUT2D eigenvalue weighted by atomic mass is 79.9. The van der Waals surface area contributed by atoms with Gasteiger partial charge in [-0.05, 0) is 19.3 Å². The molecule has 0 amide bonds. The first-order chi connectivity index (χ1) is 4.16. The summed E-state index contributed by atoms with van der Waals surface area (Å²) in [6.45, 7) is 3.74. The largest absolute Gasteiger partial charge is 0.300 e. The van der Waals surface area contributed by atoms with Gasteiger partial charge in [-0.25, -0.2) is 0 Å². The summed E-state index contributed by atoms with van der Waals surface area (Å²) in [5.41, 5.74) is 0. The van der Waals surface area contributed by atoms with Crippen molar-refractivity contribution in [2.45, 2.75) is 26.7 Å². The van der Waals surface area contributed by atoms with E-state index in [9.17, 15) is 4.79 Å². The van der Waals surface area contributed by atoms with Gasteiger partial charge in [0, 0.05) is 11.8 Å². The molecule has 0 aliphatic carbocycles. The Balaban J connectivity index is 3.26. The van der Waals surface area contributed by atoms with Crippen LogP contribution in [0.5, 0.6) is 0 Å². The molecule has 0 fully saturated rings. The molecule has 0 aliphatic rings. The average molecular weight is 193 g/mol. The Morgan fingerprint density at radius 2 is 2.22 bits per heavy atom. The SMILES string of the molecule is CC(=O)CC(C)CCBr. The highest BCUT2D eigenvalue weighted by Gasteiger charge is 2.02. The van der Waals surface area contributed by atoms with Gasteiger partial charge >= 0.3 is 0 Å². The maximum Gasteiger partial charge on any atom is 0.130 e. The Kier molecular flexibility index (Phi) is 5.06. The van der Waals surface area contributed by atoms with Gasteiger partial charge in [0.1, 0.15) is 5.78 Å². The minimum atomic E-state index is 0.295. The summed E-state index contributed by atoms with van der Waals surface area (Å²) >= 11 is 3.33. The highest BCUT2D eigenvalue weighted by Crippen LogP contribution is 2.08. The molecule has 0 aliphatic heterocycles. The fourth-order valence-corrected chi connectivity index (χ4v) is 1.56. The molecule has 2 heteroatoms. The Morgan fingerprint density at radius 1 is 1.67 bits per heavy atom. The second kappa shape index (κ2) is 4.98. The van der Waals surface area contributed by atoms with Crippen LogP contribution in [0.4, 0.5) is 0 Å². The normalized spacial score (nSPS) is 13.2. The molecule has 1 nitrogen and oxygen atoms in total. The third-order valence-corrected chi connectivity index (χ3v) is 1.70. The third kappa shape index (κ3) is 6.03. The molecule has 0 rings (SSSR count). The van der Waals surface area contributed by atoms with Gasteiger partial charge in [0.05, 0.1) is 0 Å². The minimum absolute atomic E-state index is 0.295. The van der Waals surface area contributed by atoms with Crippen LogP contribution in [-0.4, -0.2) is 11.1 Å². The van der Waals surface area contributed by atoms with Crippen molar-refractivity contribution in [2.24, 2.45) is 5.92 Å². The van der Waals surface area contributed by atoms with Crippen molar-refractivity contribution in [2.75, 3.05) is 5.33 Å². The van der Waals surface area contributed by atoms with Gasteiger partial charge < -0.3 is 4.79 Å². The first-order valence-electron chi connectivity index (χ1n) is 3.22. The van der Waals surface area contributed by atoms with E-state index < -0.39 is 0 Å². The van der Waals surface area contributed by atoms with Crippen molar-refractivity contribution in [3.8, 4) is 0 Å². The third-order valence-electron chi connectivity index (χ3n) is 1.24. The fraction of sp³-hybridized carbons (Fsp3) is 0.857. The molecule has 0 aromatic heterocycles. The highest BCUT2D eigenvalue weighted by molar-refractivity contribution is 9.09. The van der Waals surface area contributed by atoms with E-state index >= 15 is 0 Å². The van der Waals surface area contributed by atoms with Gasteiger partial charge in [0.25, 0.3) is 0 Å². The summed E-state index contributed by atoms with van der Waals surface area (Å²) < 4.78 is 0. The molecule has 0 saturated carbocycles. The Hall–Kier alpha value is 0.150. The molecule has 0 heterocycles. The standard InChI is InChI=1S/C7H13BrO/c1-6(3-4-8)5-7(2)9/h6H,3-5H2,1-2H3. The maximum atomic E-state index is 10.5. The number of alkyl halides is 1. The van der Waals surface area contributed by atoms with Crippen molar-refractivity contribution < 1.29 is 4.79 Å². The van der Waals surface area contributed by atoms with E-state index in [1.807, 2.05) is 0 Å². The van der Waals surface area contributed by atoms with E-state index in [4.69, 9.17) is 0 Å². The maximum absolute atomic E-state index is 10.5. The Bertz CT molecular complexity index is 90.9. The van der Waals surface area contributed by atoms with Crippen LogP contribution in [0.3, 0.4) is 0 Å². The molecule has 9 heavy (non-hydrogen) atoms. The topological polar surface area (TPSA) is 17.1 Å². The van der Waals surface area contributed by atoms with Crippen LogP contribution in [0.25, 0.3) is 0 Å². The lowest BCUT2D eigenvalue weighted by Gasteiger charge is -2.04. The van der Waals surface area contributed by atoms with Crippen molar-refractivity contribution in [1.82, 2.24) is 0 Å². The van der Waals surface area contributed by atoms with Crippen LogP contribution in [0, 0.1) is 5.92 Å². The molecule has 1 unspecified atom stereocenters. The van der Waals surface area contributed by atoms with Crippen LogP contribution in [0.1, 0.15) is 26.7 Å².